The van der Waals surface area contributed by atoms with Crippen molar-refractivity contribution in [2.75, 3.05) is 5.73 Å². The molecule has 1 radical (unpaired) electrons. The Morgan fingerprint density at radius 3 is 2.92 bits per heavy atom. The molecule has 2 aromatic rings. The number of hydrogen-bond donors (Lipinski definition) is 1. The van der Waals surface area contributed by atoms with Crippen LogP contribution in [0.3, 0.4) is 0 Å². The second kappa shape index (κ2) is 3.23. The Labute approximate surface area is 76.3 Å². The first-order chi connectivity index (χ1) is 6.38. The van der Waals surface area contributed by atoms with Gasteiger partial charge in [0.05, 0.1) is 17.6 Å². The van der Waals surface area contributed by atoms with Crippen LogP contribution in [-0.4, -0.2) is 9.97 Å². The molecule has 0 aliphatic heterocycles. The summed E-state index contributed by atoms with van der Waals surface area (Å²) in [5.74, 6) is 0. The van der Waals surface area contributed by atoms with Crippen molar-refractivity contribution >= 4 is 5.69 Å². The van der Waals surface area contributed by atoms with Gasteiger partial charge in [-0.05, 0) is 24.3 Å². The molecule has 0 amide bonds. The van der Waals surface area contributed by atoms with E-state index in [4.69, 9.17) is 5.73 Å². The molecular weight excluding hydrogens is 162 g/mol. The van der Waals surface area contributed by atoms with Gasteiger partial charge in [-0.2, -0.15) is 0 Å². The number of nitrogens with two attached hydrogens (primary N) is 1. The Kier molecular flexibility index (Phi) is 1.92. The van der Waals surface area contributed by atoms with E-state index in [9.17, 15) is 0 Å². The molecule has 0 aromatic carbocycles. The number of nitrogen functional groups attached to an aromatic ring is 1. The summed E-state index contributed by atoms with van der Waals surface area (Å²) >= 11 is 0. The van der Waals surface area contributed by atoms with Crippen molar-refractivity contribution < 1.29 is 0 Å². The molecule has 0 aliphatic rings. The van der Waals surface area contributed by atoms with Gasteiger partial charge in [-0.1, -0.05) is 0 Å². The summed E-state index contributed by atoms with van der Waals surface area (Å²) in [5, 5.41) is 0. The zero-order valence-corrected chi connectivity index (χ0v) is 6.94. The molecule has 63 valence electrons. The van der Waals surface area contributed by atoms with Crippen molar-refractivity contribution in [1.82, 2.24) is 9.97 Å². The minimum absolute atomic E-state index is 0.634. The summed E-state index contributed by atoms with van der Waals surface area (Å²) < 4.78 is 0. The van der Waals surface area contributed by atoms with E-state index in [1.54, 1.807) is 30.7 Å². The molecule has 3 heteroatoms. The highest BCUT2D eigenvalue weighted by Crippen LogP contribution is 2.21. The molecule has 0 aliphatic carbocycles. The average molecular weight is 170 g/mol. The number of anilines is 1. The zero-order chi connectivity index (χ0) is 9.10. The van der Waals surface area contributed by atoms with Gasteiger partial charge in [0, 0.05) is 18.0 Å². The van der Waals surface area contributed by atoms with Crippen LogP contribution in [0.4, 0.5) is 5.69 Å². The number of hydrogen-bond acceptors (Lipinski definition) is 3. The lowest BCUT2D eigenvalue weighted by Crippen LogP contribution is -1.91. The standard InChI is InChI=1S/C10H8N3/c11-9-7-12-6-4-8(9)10-3-1-2-5-13-10/h2-7H,11H2. The SMILES string of the molecule is Nc1cnccc1-c1c[c]ccn1. The third kappa shape index (κ3) is 1.49. The highest BCUT2D eigenvalue weighted by Gasteiger charge is 2.01. The third-order valence-corrected chi connectivity index (χ3v) is 1.73. The fourth-order valence-electron chi connectivity index (χ4n) is 1.11. The largest absolute Gasteiger partial charge is 0.397 e. The quantitative estimate of drug-likeness (QED) is 0.706. The van der Waals surface area contributed by atoms with Gasteiger partial charge in [0.25, 0.3) is 0 Å². The Morgan fingerprint density at radius 1 is 1.31 bits per heavy atom. The van der Waals surface area contributed by atoms with Crippen LogP contribution in [0.15, 0.2) is 36.8 Å². The lowest BCUT2D eigenvalue weighted by Gasteiger charge is -2.02. The lowest BCUT2D eigenvalue weighted by molar-refractivity contribution is 1.29. The number of pyridine rings is 2. The van der Waals surface area contributed by atoms with Crippen LogP contribution in [0, 0.1) is 6.07 Å². The van der Waals surface area contributed by atoms with Gasteiger partial charge in [-0.15, -0.1) is 0 Å². The van der Waals surface area contributed by atoms with Crippen LogP contribution < -0.4 is 5.73 Å². The van der Waals surface area contributed by atoms with Crippen molar-refractivity contribution in [3.05, 3.63) is 42.9 Å². The Morgan fingerprint density at radius 2 is 2.23 bits per heavy atom. The van der Waals surface area contributed by atoms with Crippen LogP contribution in [0.2, 0.25) is 0 Å². The first-order valence-electron chi connectivity index (χ1n) is 3.90. The van der Waals surface area contributed by atoms with E-state index in [1.807, 2.05) is 6.07 Å². The van der Waals surface area contributed by atoms with Gasteiger partial charge < -0.3 is 5.73 Å². The molecule has 0 saturated heterocycles. The Bertz CT molecular complexity index is 398. The summed E-state index contributed by atoms with van der Waals surface area (Å²) in [4.78, 5) is 8.08. The highest BCUT2D eigenvalue weighted by molar-refractivity contribution is 5.72. The van der Waals surface area contributed by atoms with Crippen LogP contribution in [0.5, 0.6) is 0 Å². The van der Waals surface area contributed by atoms with E-state index in [0.29, 0.717) is 5.69 Å². The molecule has 2 aromatic heterocycles. The van der Waals surface area contributed by atoms with E-state index in [0.717, 1.165) is 11.3 Å². The molecule has 2 heterocycles. The average Bonchev–Trinajstić information content (AvgIpc) is 2.20. The van der Waals surface area contributed by atoms with E-state index in [1.165, 1.54) is 0 Å². The molecule has 0 unspecified atom stereocenters. The van der Waals surface area contributed by atoms with Gasteiger partial charge in [-0.3, -0.25) is 9.97 Å². The molecule has 2 rings (SSSR count). The van der Waals surface area contributed by atoms with E-state index >= 15 is 0 Å². The maximum atomic E-state index is 5.74. The van der Waals surface area contributed by atoms with Crippen LogP contribution in [0.25, 0.3) is 11.3 Å². The number of nitrogens with zero attached hydrogens (tertiary/aromatic N) is 2. The fraction of sp³-hybridized carbons (Fsp3) is 0. The molecule has 2 N–H and O–H groups in total. The summed E-state index contributed by atoms with van der Waals surface area (Å²) in [5.41, 5.74) is 8.09. The minimum Gasteiger partial charge on any atom is -0.397 e. The smallest absolute Gasteiger partial charge is 0.0729 e. The second-order valence-electron chi connectivity index (χ2n) is 2.60. The van der Waals surface area contributed by atoms with Crippen molar-refractivity contribution in [3.63, 3.8) is 0 Å². The monoisotopic (exact) mass is 170 g/mol. The maximum absolute atomic E-state index is 5.74. The predicted octanol–water partition coefficient (Wildman–Crippen LogP) is 1.53. The highest BCUT2D eigenvalue weighted by atomic mass is 14.7. The van der Waals surface area contributed by atoms with E-state index in [2.05, 4.69) is 16.0 Å². The lowest BCUT2D eigenvalue weighted by atomic mass is 10.1. The Hall–Kier alpha value is -1.90. The summed E-state index contributed by atoms with van der Waals surface area (Å²) in [6.45, 7) is 0. The van der Waals surface area contributed by atoms with Gasteiger partial charge >= 0.3 is 0 Å². The van der Waals surface area contributed by atoms with Gasteiger partial charge in [0.2, 0.25) is 0 Å². The first-order valence-corrected chi connectivity index (χ1v) is 3.90. The molecular formula is C10H8N3. The second-order valence-corrected chi connectivity index (χ2v) is 2.60. The minimum atomic E-state index is 0.634. The summed E-state index contributed by atoms with van der Waals surface area (Å²) in [7, 11) is 0. The molecule has 0 fully saturated rings. The normalized spacial score (nSPS) is 9.85. The first kappa shape index (κ1) is 7.73. The van der Waals surface area contributed by atoms with Gasteiger partial charge in [-0.25, -0.2) is 0 Å². The third-order valence-electron chi connectivity index (χ3n) is 1.73. The van der Waals surface area contributed by atoms with Gasteiger partial charge in [0.15, 0.2) is 0 Å². The number of aromatic nitrogens is 2. The molecule has 0 spiro atoms. The van der Waals surface area contributed by atoms with Crippen molar-refractivity contribution in [1.29, 1.82) is 0 Å². The molecule has 0 saturated carbocycles. The van der Waals surface area contributed by atoms with Crippen molar-refractivity contribution in [2.24, 2.45) is 0 Å². The van der Waals surface area contributed by atoms with Crippen LogP contribution in [-0.2, 0) is 0 Å². The van der Waals surface area contributed by atoms with Crippen LogP contribution >= 0.6 is 0 Å². The maximum Gasteiger partial charge on any atom is 0.0729 e. The summed E-state index contributed by atoms with van der Waals surface area (Å²) in [6.07, 6.45) is 5.00. The molecule has 3 nitrogen and oxygen atoms in total. The van der Waals surface area contributed by atoms with Crippen molar-refractivity contribution in [3.8, 4) is 11.3 Å². The predicted molar refractivity (Wildman–Crippen MR) is 50.7 cm³/mol. The zero-order valence-electron chi connectivity index (χ0n) is 6.94. The summed E-state index contributed by atoms with van der Waals surface area (Å²) in [6, 6.07) is 8.34. The van der Waals surface area contributed by atoms with Crippen molar-refractivity contribution in [2.45, 2.75) is 0 Å². The molecule has 0 bridgehead atoms. The fourth-order valence-corrected chi connectivity index (χ4v) is 1.11. The number of rotatable bonds is 1. The molecule has 13 heavy (non-hydrogen) atoms. The van der Waals surface area contributed by atoms with E-state index < -0.39 is 0 Å². The molecule has 0 atom stereocenters. The Balaban J connectivity index is 2.54. The topological polar surface area (TPSA) is 51.8 Å². The van der Waals surface area contributed by atoms with Crippen LogP contribution in [0.1, 0.15) is 0 Å². The van der Waals surface area contributed by atoms with Gasteiger partial charge in [0.1, 0.15) is 0 Å². The van der Waals surface area contributed by atoms with E-state index in [-0.39, 0.29) is 0 Å².